The van der Waals surface area contributed by atoms with Gasteiger partial charge in [-0.1, -0.05) is 53.6 Å². The maximum atomic E-state index is 11.7. The molecule has 0 bridgehead atoms. The molecule has 2 amide bonds. The van der Waals surface area contributed by atoms with Crippen molar-refractivity contribution in [2.45, 2.75) is 6.92 Å². The van der Waals surface area contributed by atoms with E-state index in [2.05, 4.69) is 10.9 Å². The summed E-state index contributed by atoms with van der Waals surface area (Å²) in [7, 11) is 0. The fourth-order valence-electron chi connectivity index (χ4n) is 1.86. The molecule has 2 aromatic rings. The topological polar surface area (TPSA) is 67.4 Å². The molecule has 2 aromatic carbocycles. The SMILES string of the molecule is Cc1cccc(/C=C/C(=O)NNC(=O)COc2ccccc2Cl)c1. The van der Waals surface area contributed by atoms with Crippen molar-refractivity contribution in [1.29, 1.82) is 0 Å². The van der Waals surface area contributed by atoms with Gasteiger partial charge >= 0.3 is 0 Å². The van der Waals surface area contributed by atoms with Crippen molar-refractivity contribution in [3.05, 3.63) is 70.8 Å². The largest absolute Gasteiger partial charge is 0.482 e. The number of amides is 2. The zero-order valence-corrected chi connectivity index (χ0v) is 13.8. The second-order valence-electron chi connectivity index (χ2n) is 5.00. The second-order valence-corrected chi connectivity index (χ2v) is 5.41. The van der Waals surface area contributed by atoms with Crippen molar-refractivity contribution in [3.63, 3.8) is 0 Å². The minimum atomic E-state index is -0.493. The molecule has 24 heavy (non-hydrogen) atoms. The molecule has 0 aromatic heterocycles. The Balaban J connectivity index is 1.75. The summed E-state index contributed by atoms with van der Waals surface area (Å²) < 4.78 is 5.26. The van der Waals surface area contributed by atoms with Gasteiger partial charge in [-0.05, 0) is 30.7 Å². The second kappa shape index (κ2) is 8.74. The molecule has 0 spiro atoms. The Hall–Kier alpha value is -2.79. The third kappa shape index (κ3) is 5.78. The van der Waals surface area contributed by atoms with E-state index < -0.39 is 11.8 Å². The quantitative estimate of drug-likeness (QED) is 0.647. The van der Waals surface area contributed by atoms with Crippen molar-refractivity contribution >= 4 is 29.5 Å². The molecule has 0 saturated carbocycles. The van der Waals surface area contributed by atoms with Crippen LogP contribution >= 0.6 is 11.6 Å². The van der Waals surface area contributed by atoms with E-state index in [4.69, 9.17) is 16.3 Å². The molecular weight excluding hydrogens is 328 g/mol. The summed E-state index contributed by atoms with van der Waals surface area (Å²) >= 11 is 5.91. The number of hydrogen-bond donors (Lipinski definition) is 2. The van der Waals surface area contributed by atoms with E-state index in [0.29, 0.717) is 10.8 Å². The third-order valence-corrected chi connectivity index (χ3v) is 3.30. The summed E-state index contributed by atoms with van der Waals surface area (Å²) in [5.74, 6) is -0.533. The summed E-state index contributed by atoms with van der Waals surface area (Å²) in [6.07, 6.45) is 3.00. The number of nitrogens with one attached hydrogen (secondary N) is 2. The molecule has 124 valence electrons. The number of carbonyl (C=O) groups is 2. The zero-order chi connectivity index (χ0) is 17.4. The number of para-hydroxylation sites is 1. The maximum absolute atomic E-state index is 11.7. The van der Waals surface area contributed by atoms with Crippen LogP contribution in [0.4, 0.5) is 0 Å². The average molecular weight is 345 g/mol. The highest BCUT2D eigenvalue weighted by Gasteiger charge is 2.05. The van der Waals surface area contributed by atoms with Gasteiger partial charge in [-0.3, -0.25) is 20.4 Å². The van der Waals surface area contributed by atoms with Gasteiger partial charge in [-0.2, -0.15) is 0 Å². The molecule has 0 fully saturated rings. The van der Waals surface area contributed by atoms with Gasteiger partial charge in [0.15, 0.2) is 6.61 Å². The van der Waals surface area contributed by atoms with Crippen molar-refractivity contribution in [2.75, 3.05) is 6.61 Å². The Morgan fingerprint density at radius 1 is 1.12 bits per heavy atom. The van der Waals surface area contributed by atoms with E-state index >= 15 is 0 Å². The highest BCUT2D eigenvalue weighted by atomic mass is 35.5. The summed E-state index contributed by atoms with van der Waals surface area (Å²) in [5.41, 5.74) is 6.54. The highest BCUT2D eigenvalue weighted by Crippen LogP contribution is 2.22. The first kappa shape index (κ1) is 17.6. The Labute approximate surface area is 145 Å². The van der Waals surface area contributed by atoms with Crippen molar-refractivity contribution in [2.24, 2.45) is 0 Å². The Morgan fingerprint density at radius 3 is 2.67 bits per heavy atom. The Kier molecular flexibility index (Phi) is 6.40. The number of rotatable bonds is 5. The molecule has 2 rings (SSSR count). The van der Waals surface area contributed by atoms with Crippen LogP contribution in [-0.4, -0.2) is 18.4 Å². The fraction of sp³-hybridized carbons (Fsp3) is 0.111. The first-order valence-electron chi connectivity index (χ1n) is 7.25. The van der Waals surface area contributed by atoms with Crippen LogP contribution in [0.5, 0.6) is 5.75 Å². The molecule has 0 radical (unpaired) electrons. The van der Waals surface area contributed by atoms with Crippen LogP contribution in [0.3, 0.4) is 0 Å². The summed E-state index contributed by atoms with van der Waals surface area (Å²) in [5, 5.41) is 0.412. The van der Waals surface area contributed by atoms with Gasteiger partial charge in [0.25, 0.3) is 11.8 Å². The van der Waals surface area contributed by atoms with E-state index in [9.17, 15) is 9.59 Å². The third-order valence-electron chi connectivity index (χ3n) is 2.99. The van der Waals surface area contributed by atoms with Gasteiger partial charge in [-0.15, -0.1) is 0 Å². The summed E-state index contributed by atoms with van der Waals surface area (Å²) in [6.45, 7) is 1.71. The number of hydrazine groups is 1. The standard InChI is InChI=1S/C18H17ClN2O3/c1-13-5-4-6-14(11-13)9-10-17(22)20-21-18(23)12-24-16-8-3-2-7-15(16)19/h2-11H,12H2,1H3,(H,20,22)(H,21,23)/b10-9+. The van der Waals surface area contributed by atoms with E-state index in [0.717, 1.165) is 11.1 Å². The summed E-state index contributed by atoms with van der Waals surface area (Å²) in [6, 6.07) is 14.5. The molecule has 0 aliphatic heterocycles. The molecule has 2 N–H and O–H groups in total. The molecule has 0 aliphatic rings. The lowest BCUT2D eigenvalue weighted by Crippen LogP contribution is -2.43. The van der Waals surface area contributed by atoms with Gasteiger partial charge in [0.2, 0.25) is 0 Å². The minimum Gasteiger partial charge on any atom is -0.482 e. The monoisotopic (exact) mass is 344 g/mol. The Bertz CT molecular complexity index is 759. The lowest BCUT2D eigenvalue weighted by atomic mass is 10.1. The lowest BCUT2D eigenvalue weighted by molar-refractivity contribution is -0.128. The molecular formula is C18H17ClN2O3. The van der Waals surface area contributed by atoms with E-state index in [1.54, 1.807) is 30.3 Å². The maximum Gasteiger partial charge on any atom is 0.276 e. The smallest absolute Gasteiger partial charge is 0.276 e. The van der Waals surface area contributed by atoms with Crippen LogP contribution in [0.25, 0.3) is 6.08 Å². The molecule has 5 nitrogen and oxygen atoms in total. The zero-order valence-electron chi connectivity index (χ0n) is 13.1. The van der Waals surface area contributed by atoms with Gasteiger partial charge in [-0.25, -0.2) is 0 Å². The summed E-state index contributed by atoms with van der Waals surface area (Å²) in [4.78, 5) is 23.3. The molecule has 0 heterocycles. The number of carbonyl (C=O) groups excluding carboxylic acids is 2. The van der Waals surface area contributed by atoms with Crippen LogP contribution in [0.1, 0.15) is 11.1 Å². The lowest BCUT2D eigenvalue weighted by Gasteiger charge is -2.08. The fourth-order valence-corrected chi connectivity index (χ4v) is 2.05. The number of ether oxygens (including phenoxy) is 1. The molecule has 0 aliphatic carbocycles. The van der Waals surface area contributed by atoms with Gasteiger partial charge < -0.3 is 4.74 Å². The highest BCUT2D eigenvalue weighted by molar-refractivity contribution is 6.32. The van der Waals surface area contributed by atoms with Crippen molar-refractivity contribution in [3.8, 4) is 5.75 Å². The number of hydrogen-bond acceptors (Lipinski definition) is 3. The minimum absolute atomic E-state index is 0.258. The molecule has 0 saturated heterocycles. The van der Waals surface area contributed by atoms with Crippen LogP contribution in [0.2, 0.25) is 5.02 Å². The average Bonchev–Trinajstić information content (AvgIpc) is 2.57. The molecule has 0 atom stereocenters. The van der Waals surface area contributed by atoms with Gasteiger partial charge in [0.05, 0.1) is 5.02 Å². The van der Waals surface area contributed by atoms with Gasteiger partial charge in [0, 0.05) is 6.08 Å². The predicted octanol–water partition coefficient (Wildman–Crippen LogP) is 2.89. The number of aryl methyl sites for hydroxylation is 1. The van der Waals surface area contributed by atoms with Crippen LogP contribution in [0, 0.1) is 6.92 Å². The van der Waals surface area contributed by atoms with E-state index in [-0.39, 0.29) is 6.61 Å². The molecule has 6 heteroatoms. The predicted molar refractivity (Wildman–Crippen MR) is 93.4 cm³/mol. The normalized spacial score (nSPS) is 10.4. The number of halogens is 1. The molecule has 0 unspecified atom stereocenters. The van der Waals surface area contributed by atoms with Crippen LogP contribution < -0.4 is 15.6 Å². The van der Waals surface area contributed by atoms with Crippen molar-refractivity contribution < 1.29 is 14.3 Å². The number of benzene rings is 2. The first-order chi connectivity index (χ1) is 11.5. The van der Waals surface area contributed by atoms with Crippen LogP contribution in [0.15, 0.2) is 54.6 Å². The Morgan fingerprint density at radius 2 is 1.92 bits per heavy atom. The van der Waals surface area contributed by atoms with E-state index in [1.165, 1.54) is 6.08 Å². The van der Waals surface area contributed by atoms with Crippen molar-refractivity contribution in [1.82, 2.24) is 10.9 Å². The van der Waals surface area contributed by atoms with Gasteiger partial charge in [0.1, 0.15) is 5.75 Å². The van der Waals surface area contributed by atoms with E-state index in [1.807, 2.05) is 31.2 Å². The first-order valence-corrected chi connectivity index (χ1v) is 7.63. The van der Waals surface area contributed by atoms with Crippen LogP contribution in [-0.2, 0) is 9.59 Å².